The van der Waals surface area contributed by atoms with Crippen LogP contribution in [0.5, 0.6) is 0 Å². The molecule has 0 aliphatic carbocycles. The van der Waals surface area contributed by atoms with Crippen LogP contribution in [0.25, 0.3) is 0 Å². The molecule has 3 heteroatoms. The summed E-state index contributed by atoms with van der Waals surface area (Å²) in [6.45, 7) is 6.38. The summed E-state index contributed by atoms with van der Waals surface area (Å²) < 4.78 is 1.01. The van der Waals surface area contributed by atoms with E-state index in [2.05, 4.69) is 29.8 Å². The summed E-state index contributed by atoms with van der Waals surface area (Å²) in [5.74, 6) is 1.67. The second kappa shape index (κ2) is 6.56. The van der Waals surface area contributed by atoms with Crippen LogP contribution in [-0.2, 0) is 0 Å². The maximum absolute atomic E-state index is 12.5. The topological polar surface area (TPSA) is 20.3 Å². The van der Waals surface area contributed by atoms with Crippen LogP contribution in [0.2, 0.25) is 0 Å². The van der Waals surface area contributed by atoms with Crippen LogP contribution in [0.3, 0.4) is 0 Å². The van der Waals surface area contributed by atoms with E-state index in [1.54, 1.807) is 0 Å². The second-order valence-electron chi connectivity index (χ2n) is 5.73. The standard InChI is InChI=1S/C16H22BrNO/c1-12(2)13-4-3-10-18(11-9-13)16(19)14-5-7-15(17)8-6-14/h5-8,12-13H,3-4,9-11H2,1-2H3. The second-order valence-corrected chi connectivity index (χ2v) is 6.65. The molecule has 2 nitrogen and oxygen atoms in total. The Hall–Kier alpha value is -0.830. The van der Waals surface area contributed by atoms with Crippen molar-refractivity contribution in [1.82, 2.24) is 4.90 Å². The quantitative estimate of drug-likeness (QED) is 0.792. The molecule has 0 saturated carbocycles. The molecule has 1 amide bonds. The number of carbonyl (C=O) groups is 1. The molecule has 0 bridgehead atoms. The minimum absolute atomic E-state index is 0.178. The Bertz CT molecular complexity index is 427. The Morgan fingerprint density at radius 2 is 1.89 bits per heavy atom. The fourth-order valence-corrected chi connectivity index (χ4v) is 3.03. The van der Waals surface area contributed by atoms with E-state index in [0.29, 0.717) is 0 Å². The highest BCUT2D eigenvalue weighted by molar-refractivity contribution is 9.10. The van der Waals surface area contributed by atoms with Gasteiger partial charge in [0.15, 0.2) is 0 Å². The van der Waals surface area contributed by atoms with Crippen LogP contribution in [0.15, 0.2) is 28.7 Å². The third-order valence-corrected chi connectivity index (χ3v) is 4.62. The molecule has 104 valence electrons. The van der Waals surface area contributed by atoms with Gasteiger partial charge in [0.05, 0.1) is 0 Å². The molecular formula is C16H22BrNO. The molecule has 1 atom stereocenters. The van der Waals surface area contributed by atoms with Crippen molar-refractivity contribution in [2.75, 3.05) is 13.1 Å². The molecule has 1 fully saturated rings. The first-order valence-electron chi connectivity index (χ1n) is 7.13. The summed E-state index contributed by atoms with van der Waals surface area (Å²) in [5, 5.41) is 0. The number of benzene rings is 1. The Morgan fingerprint density at radius 1 is 1.21 bits per heavy atom. The summed E-state index contributed by atoms with van der Waals surface area (Å²) in [5.41, 5.74) is 0.797. The van der Waals surface area contributed by atoms with Crippen molar-refractivity contribution in [1.29, 1.82) is 0 Å². The van der Waals surface area contributed by atoms with E-state index in [4.69, 9.17) is 0 Å². The van der Waals surface area contributed by atoms with Gasteiger partial charge in [0.2, 0.25) is 0 Å². The van der Waals surface area contributed by atoms with Crippen molar-refractivity contribution in [2.24, 2.45) is 11.8 Å². The summed E-state index contributed by atoms with van der Waals surface area (Å²) in [6.07, 6.45) is 3.52. The first-order valence-corrected chi connectivity index (χ1v) is 7.92. The van der Waals surface area contributed by atoms with Gasteiger partial charge in [0.25, 0.3) is 5.91 Å². The number of amides is 1. The summed E-state index contributed by atoms with van der Waals surface area (Å²) in [6, 6.07) is 7.67. The zero-order chi connectivity index (χ0) is 13.8. The fraction of sp³-hybridized carbons (Fsp3) is 0.562. The van der Waals surface area contributed by atoms with Crippen LogP contribution in [0.4, 0.5) is 0 Å². The van der Waals surface area contributed by atoms with Gasteiger partial charge in [-0.25, -0.2) is 0 Å². The number of hydrogen-bond donors (Lipinski definition) is 0. The van der Waals surface area contributed by atoms with Crippen molar-refractivity contribution in [3.05, 3.63) is 34.3 Å². The number of hydrogen-bond acceptors (Lipinski definition) is 1. The predicted octanol–water partition coefficient (Wildman–Crippen LogP) is 4.35. The Morgan fingerprint density at radius 3 is 2.53 bits per heavy atom. The average Bonchev–Trinajstić information content (AvgIpc) is 2.64. The average molecular weight is 324 g/mol. The van der Waals surface area contributed by atoms with Crippen molar-refractivity contribution in [2.45, 2.75) is 33.1 Å². The van der Waals surface area contributed by atoms with E-state index in [0.717, 1.165) is 47.8 Å². The van der Waals surface area contributed by atoms with Crippen LogP contribution < -0.4 is 0 Å². The Labute approximate surface area is 124 Å². The molecule has 1 unspecified atom stereocenters. The zero-order valence-corrected chi connectivity index (χ0v) is 13.3. The number of rotatable bonds is 2. The molecular weight excluding hydrogens is 302 g/mol. The molecule has 1 saturated heterocycles. The Balaban J connectivity index is 2.02. The first-order chi connectivity index (χ1) is 9.08. The molecule has 19 heavy (non-hydrogen) atoms. The maximum Gasteiger partial charge on any atom is 0.253 e. The number of likely N-dealkylation sites (tertiary alicyclic amines) is 1. The third kappa shape index (κ3) is 3.82. The van der Waals surface area contributed by atoms with E-state index in [9.17, 15) is 4.79 Å². The fourth-order valence-electron chi connectivity index (χ4n) is 2.77. The minimum atomic E-state index is 0.178. The lowest BCUT2D eigenvalue weighted by molar-refractivity contribution is 0.0759. The summed E-state index contributed by atoms with van der Waals surface area (Å²) >= 11 is 3.40. The molecule has 0 spiro atoms. The summed E-state index contributed by atoms with van der Waals surface area (Å²) in [4.78, 5) is 14.5. The Kier molecular flexibility index (Phi) is 5.03. The van der Waals surface area contributed by atoms with Gasteiger partial charge >= 0.3 is 0 Å². The van der Waals surface area contributed by atoms with Crippen LogP contribution >= 0.6 is 15.9 Å². The van der Waals surface area contributed by atoms with Gasteiger partial charge in [-0.05, 0) is 55.4 Å². The molecule has 1 aromatic carbocycles. The highest BCUT2D eigenvalue weighted by atomic mass is 79.9. The van der Waals surface area contributed by atoms with Crippen molar-refractivity contribution in [3.8, 4) is 0 Å². The third-order valence-electron chi connectivity index (χ3n) is 4.09. The van der Waals surface area contributed by atoms with Crippen LogP contribution in [0, 0.1) is 11.8 Å². The zero-order valence-electron chi connectivity index (χ0n) is 11.7. The molecule has 1 aliphatic heterocycles. The first kappa shape index (κ1) is 14.6. The van der Waals surface area contributed by atoms with Gasteiger partial charge in [-0.3, -0.25) is 4.79 Å². The van der Waals surface area contributed by atoms with E-state index in [-0.39, 0.29) is 5.91 Å². The lowest BCUT2D eigenvalue weighted by Crippen LogP contribution is -2.32. The maximum atomic E-state index is 12.5. The van der Waals surface area contributed by atoms with E-state index < -0.39 is 0 Å². The highest BCUT2D eigenvalue weighted by Gasteiger charge is 2.22. The smallest absolute Gasteiger partial charge is 0.253 e. The van der Waals surface area contributed by atoms with Gasteiger partial charge in [0, 0.05) is 23.1 Å². The number of halogens is 1. The van der Waals surface area contributed by atoms with Gasteiger partial charge in [0.1, 0.15) is 0 Å². The number of carbonyl (C=O) groups excluding carboxylic acids is 1. The van der Waals surface area contributed by atoms with Gasteiger partial charge in [-0.15, -0.1) is 0 Å². The molecule has 0 aromatic heterocycles. The van der Waals surface area contributed by atoms with Crippen molar-refractivity contribution < 1.29 is 4.79 Å². The number of nitrogens with zero attached hydrogens (tertiary/aromatic N) is 1. The summed E-state index contributed by atoms with van der Waals surface area (Å²) in [7, 11) is 0. The van der Waals surface area contributed by atoms with Gasteiger partial charge in [-0.1, -0.05) is 29.8 Å². The lowest BCUT2D eigenvalue weighted by atomic mass is 9.89. The van der Waals surface area contributed by atoms with Gasteiger partial charge < -0.3 is 4.90 Å². The van der Waals surface area contributed by atoms with Crippen LogP contribution in [-0.4, -0.2) is 23.9 Å². The molecule has 1 heterocycles. The van der Waals surface area contributed by atoms with E-state index >= 15 is 0 Å². The molecule has 0 radical (unpaired) electrons. The highest BCUT2D eigenvalue weighted by Crippen LogP contribution is 2.25. The van der Waals surface area contributed by atoms with Gasteiger partial charge in [-0.2, -0.15) is 0 Å². The van der Waals surface area contributed by atoms with E-state index in [1.807, 2.05) is 29.2 Å². The minimum Gasteiger partial charge on any atom is -0.339 e. The monoisotopic (exact) mass is 323 g/mol. The van der Waals surface area contributed by atoms with E-state index in [1.165, 1.54) is 6.42 Å². The molecule has 1 aliphatic rings. The SMILES string of the molecule is CC(C)C1CCCN(C(=O)c2ccc(Br)cc2)CC1. The molecule has 1 aromatic rings. The largest absolute Gasteiger partial charge is 0.339 e. The normalized spacial score (nSPS) is 20.4. The lowest BCUT2D eigenvalue weighted by Gasteiger charge is -2.21. The van der Waals surface area contributed by atoms with Crippen molar-refractivity contribution in [3.63, 3.8) is 0 Å². The molecule has 2 rings (SSSR count). The molecule has 0 N–H and O–H groups in total. The predicted molar refractivity (Wildman–Crippen MR) is 82.2 cm³/mol. The van der Waals surface area contributed by atoms with Crippen molar-refractivity contribution >= 4 is 21.8 Å². The van der Waals surface area contributed by atoms with Crippen LogP contribution in [0.1, 0.15) is 43.5 Å².